The summed E-state index contributed by atoms with van der Waals surface area (Å²) in [6, 6.07) is 11.1. The molecule has 1 heterocycles. The Morgan fingerprint density at radius 3 is 2.85 bits per heavy atom. The Bertz CT molecular complexity index is 593. The van der Waals surface area contributed by atoms with Crippen LogP contribution in [0.5, 0.6) is 0 Å². The first kappa shape index (κ1) is 13.8. The summed E-state index contributed by atoms with van der Waals surface area (Å²) in [5, 5.41) is 10.0. The fourth-order valence-electron chi connectivity index (χ4n) is 1.42. The van der Waals surface area contributed by atoms with Crippen molar-refractivity contribution < 1.29 is 14.2 Å². The Kier molecular flexibility index (Phi) is 4.49. The van der Waals surface area contributed by atoms with E-state index in [0.29, 0.717) is 11.6 Å². The number of aryl methyl sites for hydroxylation is 1. The first-order valence-corrected chi connectivity index (χ1v) is 6.13. The van der Waals surface area contributed by atoms with Gasteiger partial charge in [-0.05, 0) is 19.4 Å². The molecule has 6 heteroatoms. The highest BCUT2D eigenvalue weighted by Gasteiger charge is 2.15. The van der Waals surface area contributed by atoms with Crippen molar-refractivity contribution in [3.63, 3.8) is 0 Å². The number of benzene rings is 1. The minimum atomic E-state index is -0.730. The number of oxime groups is 1. The highest BCUT2D eigenvalue weighted by atomic mass is 16.6. The molecule has 0 saturated heterocycles. The van der Waals surface area contributed by atoms with Crippen LogP contribution in [0.15, 0.2) is 46.1 Å². The summed E-state index contributed by atoms with van der Waals surface area (Å²) in [6.45, 7) is 3.34. The Balaban J connectivity index is 1.84. The summed E-state index contributed by atoms with van der Waals surface area (Å²) in [7, 11) is 0. The molecule has 0 saturated carbocycles. The van der Waals surface area contributed by atoms with Crippen molar-refractivity contribution in [2.45, 2.75) is 20.0 Å². The van der Waals surface area contributed by atoms with E-state index in [9.17, 15) is 4.79 Å². The number of amides is 1. The van der Waals surface area contributed by atoms with Crippen LogP contribution < -0.4 is 5.32 Å². The molecule has 1 amide bonds. The lowest BCUT2D eigenvalue weighted by Gasteiger charge is -2.07. The van der Waals surface area contributed by atoms with Gasteiger partial charge in [-0.25, -0.2) is 0 Å². The molecule has 0 bridgehead atoms. The standard InChI is InChI=1S/C14H15N3O3/c1-10-8-13(17-19-10)16-14(18)11(2)20-15-9-12-6-4-3-5-7-12/h3-9,11H,1-2H3,(H,16,17,18)/b15-9+. The summed E-state index contributed by atoms with van der Waals surface area (Å²) in [6.07, 6.45) is 0.816. The fraction of sp³-hybridized carbons (Fsp3) is 0.214. The smallest absolute Gasteiger partial charge is 0.269 e. The van der Waals surface area contributed by atoms with Crippen molar-refractivity contribution >= 4 is 17.9 Å². The molecule has 0 aliphatic carbocycles. The summed E-state index contributed by atoms with van der Waals surface area (Å²) in [5.74, 6) is 0.634. The van der Waals surface area contributed by atoms with Crippen molar-refractivity contribution in [2.75, 3.05) is 5.32 Å². The molecule has 2 rings (SSSR count). The second-order valence-electron chi connectivity index (χ2n) is 4.20. The van der Waals surface area contributed by atoms with E-state index in [1.165, 1.54) is 0 Å². The van der Waals surface area contributed by atoms with E-state index in [0.717, 1.165) is 5.56 Å². The predicted octanol–water partition coefficient (Wildman–Crippen LogP) is 2.36. The van der Waals surface area contributed by atoms with Gasteiger partial charge in [-0.2, -0.15) is 0 Å². The predicted molar refractivity (Wildman–Crippen MR) is 74.5 cm³/mol. The monoisotopic (exact) mass is 273 g/mol. The first-order chi connectivity index (χ1) is 9.65. The van der Waals surface area contributed by atoms with Crippen LogP contribution in [0, 0.1) is 6.92 Å². The molecule has 1 N–H and O–H groups in total. The molecule has 1 atom stereocenters. The Morgan fingerprint density at radius 2 is 2.20 bits per heavy atom. The van der Waals surface area contributed by atoms with Crippen LogP contribution in [0.4, 0.5) is 5.82 Å². The van der Waals surface area contributed by atoms with Gasteiger partial charge in [0.05, 0.1) is 6.21 Å². The van der Waals surface area contributed by atoms with Gasteiger partial charge < -0.3 is 14.7 Å². The molecular formula is C14H15N3O3. The SMILES string of the molecule is Cc1cc(NC(=O)C(C)O/N=C/c2ccccc2)no1. The van der Waals surface area contributed by atoms with Gasteiger partial charge in [0.1, 0.15) is 5.76 Å². The highest BCUT2D eigenvalue weighted by Crippen LogP contribution is 2.08. The van der Waals surface area contributed by atoms with Crippen molar-refractivity contribution in [3.8, 4) is 0 Å². The fourth-order valence-corrected chi connectivity index (χ4v) is 1.42. The lowest BCUT2D eigenvalue weighted by atomic mass is 10.2. The third kappa shape index (κ3) is 3.94. The number of nitrogens with zero attached hydrogens (tertiary/aromatic N) is 2. The summed E-state index contributed by atoms with van der Waals surface area (Å²) >= 11 is 0. The van der Waals surface area contributed by atoms with E-state index in [1.54, 1.807) is 26.1 Å². The van der Waals surface area contributed by atoms with Gasteiger partial charge in [0.2, 0.25) is 6.10 Å². The lowest BCUT2D eigenvalue weighted by molar-refractivity contribution is -0.126. The summed E-state index contributed by atoms with van der Waals surface area (Å²) in [4.78, 5) is 16.9. The third-order valence-corrected chi connectivity index (χ3v) is 2.47. The molecule has 6 nitrogen and oxygen atoms in total. The van der Waals surface area contributed by atoms with E-state index in [4.69, 9.17) is 9.36 Å². The molecule has 20 heavy (non-hydrogen) atoms. The second-order valence-corrected chi connectivity index (χ2v) is 4.20. The molecule has 104 valence electrons. The van der Waals surface area contributed by atoms with Gasteiger partial charge in [0.15, 0.2) is 5.82 Å². The number of hydrogen-bond acceptors (Lipinski definition) is 5. The van der Waals surface area contributed by atoms with E-state index >= 15 is 0 Å². The number of hydrogen-bond donors (Lipinski definition) is 1. The van der Waals surface area contributed by atoms with Gasteiger partial charge in [0, 0.05) is 6.07 Å². The largest absolute Gasteiger partial charge is 0.383 e. The number of anilines is 1. The van der Waals surface area contributed by atoms with Crippen LogP contribution in [-0.2, 0) is 9.63 Å². The van der Waals surface area contributed by atoms with Crippen molar-refractivity contribution in [2.24, 2.45) is 5.16 Å². The maximum atomic E-state index is 11.8. The maximum absolute atomic E-state index is 11.8. The maximum Gasteiger partial charge on any atom is 0.269 e. The van der Waals surface area contributed by atoms with Crippen LogP contribution in [0.2, 0.25) is 0 Å². The number of aromatic nitrogens is 1. The van der Waals surface area contributed by atoms with E-state index in [1.807, 2.05) is 30.3 Å². The quantitative estimate of drug-likeness (QED) is 0.670. The number of carbonyl (C=O) groups is 1. The van der Waals surface area contributed by atoms with E-state index in [2.05, 4.69) is 15.6 Å². The Morgan fingerprint density at radius 1 is 1.45 bits per heavy atom. The lowest BCUT2D eigenvalue weighted by Crippen LogP contribution is -2.26. The van der Waals surface area contributed by atoms with Crippen LogP contribution in [-0.4, -0.2) is 23.4 Å². The second kappa shape index (κ2) is 6.51. The molecule has 1 aromatic carbocycles. The molecule has 0 aliphatic rings. The van der Waals surface area contributed by atoms with Crippen LogP contribution in [0.3, 0.4) is 0 Å². The molecule has 1 aromatic heterocycles. The first-order valence-electron chi connectivity index (χ1n) is 6.13. The Labute approximate surface area is 116 Å². The number of rotatable bonds is 5. The van der Waals surface area contributed by atoms with E-state index in [-0.39, 0.29) is 5.91 Å². The van der Waals surface area contributed by atoms with Gasteiger partial charge in [-0.15, -0.1) is 0 Å². The van der Waals surface area contributed by atoms with Crippen LogP contribution in [0.1, 0.15) is 18.2 Å². The Hall–Kier alpha value is -2.63. The van der Waals surface area contributed by atoms with Crippen molar-refractivity contribution in [1.29, 1.82) is 0 Å². The molecule has 0 aliphatic heterocycles. The van der Waals surface area contributed by atoms with Gasteiger partial charge >= 0.3 is 0 Å². The molecule has 1 unspecified atom stereocenters. The van der Waals surface area contributed by atoms with Gasteiger partial charge in [0.25, 0.3) is 5.91 Å². The summed E-state index contributed by atoms with van der Waals surface area (Å²) in [5.41, 5.74) is 0.896. The molecule has 2 aromatic rings. The average Bonchev–Trinajstić information content (AvgIpc) is 2.85. The minimum Gasteiger partial charge on any atom is -0.383 e. The zero-order valence-corrected chi connectivity index (χ0v) is 11.2. The van der Waals surface area contributed by atoms with Gasteiger partial charge in [-0.1, -0.05) is 40.6 Å². The van der Waals surface area contributed by atoms with Crippen LogP contribution >= 0.6 is 0 Å². The zero-order valence-electron chi connectivity index (χ0n) is 11.2. The highest BCUT2D eigenvalue weighted by molar-refractivity contribution is 5.93. The normalized spacial score (nSPS) is 12.3. The summed E-state index contributed by atoms with van der Waals surface area (Å²) < 4.78 is 4.85. The average molecular weight is 273 g/mol. The number of carbonyl (C=O) groups excluding carboxylic acids is 1. The molecule has 0 spiro atoms. The minimum absolute atomic E-state index is 0.344. The molecule has 0 fully saturated rings. The van der Waals surface area contributed by atoms with Crippen molar-refractivity contribution in [1.82, 2.24) is 5.16 Å². The van der Waals surface area contributed by atoms with Gasteiger partial charge in [-0.3, -0.25) is 4.79 Å². The zero-order chi connectivity index (χ0) is 14.4. The number of nitrogens with one attached hydrogen (secondary N) is 1. The van der Waals surface area contributed by atoms with E-state index < -0.39 is 6.10 Å². The van der Waals surface area contributed by atoms with Crippen LogP contribution in [0.25, 0.3) is 0 Å². The topological polar surface area (TPSA) is 76.7 Å². The van der Waals surface area contributed by atoms with Crippen molar-refractivity contribution in [3.05, 3.63) is 47.7 Å². The molecule has 0 radical (unpaired) electrons. The third-order valence-electron chi connectivity index (χ3n) is 2.47. The molecular weight excluding hydrogens is 258 g/mol.